The molecule has 0 saturated heterocycles. The number of rotatable bonds is 6. The van der Waals surface area contributed by atoms with Crippen molar-refractivity contribution in [2.24, 2.45) is 5.10 Å². The lowest BCUT2D eigenvalue weighted by molar-refractivity contribution is -0.385. The van der Waals surface area contributed by atoms with E-state index in [1.165, 1.54) is 37.6 Å². The molecule has 0 radical (unpaired) electrons. The van der Waals surface area contributed by atoms with Gasteiger partial charge in [0, 0.05) is 17.8 Å². The number of aryl methyl sites for hydroxylation is 1. The molecule has 120 valence electrons. The van der Waals surface area contributed by atoms with Crippen LogP contribution < -0.4 is 4.83 Å². The molecule has 8 nitrogen and oxygen atoms in total. The van der Waals surface area contributed by atoms with E-state index in [-0.39, 0.29) is 10.6 Å². The van der Waals surface area contributed by atoms with Gasteiger partial charge in [-0.15, -0.1) is 0 Å². The number of nitrogens with one attached hydrogen (secondary N) is 1. The summed E-state index contributed by atoms with van der Waals surface area (Å²) >= 11 is 0. The van der Waals surface area contributed by atoms with Crippen LogP contribution in [0.1, 0.15) is 11.3 Å². The first-order chi connectivity index (χ1) is 10.9. The van der Waals surface area contributed by atoms with Crippen molar-refractivity contribution < 1.29 is 17.8 Å². The van der Waals surface area contributed by atoms with Crippen molar-refractivity contribution in [3.63, 3.8) is 0 Å². The van der Waals surface area contributed by atoms with Crippen LogP contribution in [0.5, 0.6) is 0 Å². The van der Waals surface area contributed by atoms with E-state index in [1.54, 1.807) is 18.2 Å². The van der Waals surface area contributed by atoms with E-state index >= 15 is 0 Å². The van der Waals surface area contributed by atoms with Gasteiger partial charge >= 0.3 is 0 Å². The second-order valence-corrected chi connectivity index (χ2v) is 6.11. The largest absolute Gasteiger partial charge is 0.465 e. The molecule has 0 amide bonds. The minimum absolute atomic E-state index is 0.234. The number of hydrogen-bond acceptors (Lipinski definition) is 6. The summed E-state index contributed by atoms with van der Waals surface area (Å²) < 4.78 is 29.1. The van der Waals surface area contributed by atoms with Crippen molar-refractivity contribution in [3.8, 4) is 0 Å². The van der Waals surface area contributed by atoms with Gasteiger partial charge in [0.25, 0.3) is 15.7 Å². The predicted octanol–water partition coefficient (Wildman–Crippen LogP) is 2.47. The maximum absolute atomic E-state index is 12.0. The van der Waals surface area contributed by atoms with Gasteiger partial charge in [-0.2, -0.15) is 13.5 Å². The van der Waals surface area contributed by atoms with Gasteiger partial charge < -0.3 is 4.42 Å². The van der Waals surface area contributed by atoms with E-state index in [4.69, 9.17) is 4.42 Å². The molecule has 1 N–H and O–H groups in total. The molecule has 1 aromatic heterocycles. The molecule has 0 aliphatic heterocycles. The van der Waals surface area contributed by atoms with Crippen molar-refractivity contribution in [2.45, 2.75) is 11.8 Å². The van der Waals surface area contributed by atoms with Gasteiger partial charge in [-0.05, 0) is 37.3 Å². The molecule has 0 spiro atoms. The van der Waals surface area contributed by atoms with Crippen LogP contribution in [0, 0.1) is 17.0 Å². The molecule has 23 heavy (non-hydrogen) atoms. The fourth-order valence-corrected chi connectivity index (χ4v) is 2.49. The third-order valence-corrected chi connectivity index (χ3v) is 4.05. The molecule has 0 fully saturated rings. The zero-order valence-electron chi connectivity index (χ0n) is 12.0. The Hall–Kier alpha value is -2.94. The lowest BCUT2D eigenvalue weighted by Crippen LogP contribution is -2.18. The SMILES string of the molecule is Cc1ccc(S(=O)(=O)N/N=C/C=C/c2ccco2)cc1[N+](=O)[O-]. The highest BCUT2D eigenvalue weighted by atomic mass is 32.2. The second kappa shape index (κ2) is 6.88. The molecule has 1 aromatic carbocycles. The fraction of sp³-hybridized carbons (Fsp3) is 0.0714. The summed E-state index contributed by atoms with van der Waals surface area (Å²) in [6, 6.07) is 7.07. The highest BCUT2D eigenvalue weighted by Crippen LogP contribution is 2.21. The molecular weight excluding hydrogens is 322 g/mol. The Kier molecular flexibility index (Phi) is 4.91. The Morgan fingerprint density at radius 1 is 1.35 bits per heavy atom. The normalized spacial score (nSPS) is 12.0. The first kappa shape index (κ1) is 16.4. The average molecular weight is 335 g/mol. The maximum atomic E-state index is 12.0. The molecular formula is C14H13N3O5S. The molecule has 0 saturated carbocycles. The molecule has 0 unspecified atom stereocenters. The summed E-state index contributed by atoms with van der Waals surface area (Å²) in [4.78, 5) is 12.0. The van der Waals surface area contributed by atoms with Gasteiger partial charge in [0.2, 0.25) is 0 Å². The third kappa shape index (κ3) is 4.27. The van der Waals surface area contributed by atoms with Crippen LogP contribution in [-0.4, -0.2) is 19.6 Å². The van der Waals surface area contributed by atoms with E-state index in [1.807, 2.05) is 4.83 Å². The van der Waals surface area contributed by atoms with Crippen LogP contribution in [0.25, 0.3) is 6.08 Å². The van der Waals surface area contributed by atoms with Crippen molar-refractivity contribution >= 4 is 28.0 Å². The van der Waals surface area contributed by atoms with Crippen LogP contribution in [0.2, 0.25) is 0 Å². The number of furan rings is 1. The number of hydrogen-bond donors (Lipinski definition) is 1. The Balaban J connectivity index is 2.10. The Bertz CT molecular complexity index is 855. The smallest absolute Gasteiger partial charge is 0.276 e. The second-order valence-electron chi connectivity index (χ2n) is 4.45. The summed E-state index contributed by atoms with van der Waals surface area (Å²) in [5, 5.41) is 14.4. The molecule has 0 atom stereocenters. The van der Waals surface area contributed by atoms with Crippen molar-refractivity contribution in [3.05, 3.63) is 64.1 Å². The van der Waals surface area contributed by atoms with Gasteiger partial charge in [-0.1, -0.05) is 6.07 Å². The quantitative estimate of drug-likeness (QED) is 0.495. The average Bonchev–Trinajstić information content (AvgIpc) is 3.00. The van der Waals surface area contributed by atoms with Gasteiger partial charge in [-0.3, -0.25) is 10.1 Å². The lowest BCUT2D eigenvalue weighted by Gasteiger charge is -2.04. The molecule has 2 rings (SSSR count). The van der Waals surface area contributed by atoms with Crippen molar-refractivity contribution in [1.82, 2.24) is 4.83 Å². The zero-order valence-corrected chi connectivity index (χ0v) is 12.9. The minimum Gasteiger partial charge on any atom is -0.465 e. The first-order valence-corrected chi connectivity index (χ1v) is 7.88. The monoisotopic (exact) mass is 335 g/mol. The highest BCUT2D eigenvalue weighted by molar-refractivity contribution is 7.89. The Morgan fingerprint density at radius 2 is 2.13 bits per heavy atom. The van der Waals surface area contributed by atoms with E-state index in [9.17, 15) is 18.5 Å². The van der Waals surface area contributed by atoms with Crippen LogP contribution in [-0.2, 0) is 10.0 Å². The van der Waals surface area contributed by atoms with E-state index < -0.39 is 14.9 Å². The summed E-state index contributed by atoms with van der Waals surface area (Å²) in [6.07, 6.45) is 5.81. The fourth-order valence-electron chi connectivity index (χ4n) is 1.67. The molecule has 0 aliphatic rings. The molecule has 2 aromatic rings. The van der Waals surface area contributed by atoms with Crippen LogP contribution >= 0.6 is 0 Å². The van der Waals surface area contributed by atoms with E-state index in [2.05, 4.69) is 5.10 Å². The summed E-state index contributed by atoms with van der Waals surface area (Å²) in [6.45, 7) is 1.53. The Labute approximate surface area is 132 Å². The first-order valence-electron chi connectivity index (χ1n) is 6.40. The summed E-state index contributed by atoms with van der Waals surface area (Å²) in [5.41, 5.74) is 0.105. The standard InChI is InChI=1S/C14H13N3O5S/c1-11-6-7-13(10-14(11)17(18)19)23(20,21)16-15-8-2-4-12-5-3-9-22-12/h2-10,16H,1H3/b4-2+,15-8+. The van der Waals surface area contributed by atoms with Crippen molar-refractivity contribution in [1.29, 1.82) is 0 Å². The van der Waals surface area contributed by atoms with Gasteiger partial charge in [0.05, 0.1) is 16.1 Å². The van der Waals surface area contributed by atoms with Gasteiger partial charge in [0.1, 0.15) is 5.76 Å². The topological polar surface area (TPSA) is 115 Å². The predicted molar refractivity (Wildman–Crippen MR) is 84.4 cm³/mol. The molecule has 0 aliphatic carbocycles. The number of sulfonamides is 1. The number of hydrazone groups is 1. The zero-order chi connectivity index (χ0) is 16.9. The van der Waals surface area contributed by atoms with Crippen LogP contribution in [0.3, 0.4) is 0 Å². The Morgan fingerprint density at radius 3 is 2.78 bits per heavy atom. The summed E-state index contributed by atoms with van der Waals surface area (Å²) in [7, 11) is -3.98. The van der Waals surface area contributed by atoms with Gasteiger partial charge in [-0.25, -0.2) is 4.83 Å². The number of nitrogens with zero attached hydrogens (tertiary/aromatic N) is 2. The molecule has 9 heteroatoms. The maximum Gasteiger partial charge on any atom is 0.276 e. The summed E-state index contributed by atoms with van der Waals surface area (Å²) in [5.74, 6) is 0.591. The van der Waals surface area contributed by atoms with Crippen molar-refractivity contribution in [2.75, 3.05) is 0 Å². The van der Waals surface area contributed by atoms with Crippen LogP contribution in [0.4, 0.5) is 5.69 Å². The van der Waals surface area contributed by atoms with E-state index in [0.717, 1.165) is 6.07 Å². The number of nitro groups is 1. The van der Waals surface area contributed by atoms with Gasteiger partial charge in [0.15, 0.2) is 0 Å². The molecule has 0 bridgehead atoms. The number of allylic oxidation sites excluding steroid dienone is 1. The highest BCUT2D eigenvalue weighted by Gasteiger charge is 2.19. The third-order valence-electron chi connectivity index (χ3n) is 2.82. The lowest BCUT2D eigenvalue weighted by atomic mass is 10.2. The number of benzene rings is 1. The molecule has 1 heterocycles. The number of nitro benzene ring substituents is 1. The van der Waals surface area contributed by atoms with Crippen LogP contribution in [0.15, 0.2) is 57.1 Å². The minimum atomic E-state index is -3.98. The van der Waals surface area contributed by atoms with E-state index in [0.29, 0.717) is 11.3 Å².